The van der Waals surface area contributed by atoms with Gasteiger partial charge in [-0.05, 0) is 25.1 Å². The van der Waals surface area contributed by atoms with Crippen molar-refractivity contribution in [2.45, 2.75) is 19.1 Å². The van der Waals surface area contributed by atoms with Crippen LogP contribution in [0.5, 0.6) is 0 Å². The Labute approximate surface area is 226 Å². The number of alkyl halides is 3. The molecule has 0 saturated carbocycles. The number of carbonyl (C=O) groups is 2. The van der Waals surface area contributed by atoms with Crippen LogP contribution in [0.4, 0.5) is 30.5 Å². The predicted octanol–water partition coefficient (Wildman–Crippen LogP) is 5.54. The number of rotatable bonds is 7. The molecular weight excluding hydrogens is 568 g/mol. The van der Waals surface area contributed by atoms with Gasteiger partial charge < -0.3 is 16.0 Å². The minimum absolute atomic E-state index is 0.0121. The second-order valence-electron chi connectivity index (χ2n) is 7.50. The number of halogens is 5. The molecule has 4 heterocycles. The van der Waals surface area contributed by atoms with Gasteiger partial charge >= 0.3 is 6.18 Å². The van der Waals surface area contributed by atoms with E-state index in [1.54, 1.807) is 31.5 Å². The first-order chi connectivity index (χ1) is 18.0. The molecule has 1 atom stereocenters. The van der Waals surface area contributed by atoms with E-state index < -0.39 is 34.6 Å². The number of nitrogens with one attached hydrogen (secondary N) is 3. The summed E-state index contributed by atoms with van der Waals surface area (Å²) in [6.45, 7) is 1.63. The molecule has 0 fully saturated rings. The maximum absolute atomic E-state index is 13.1. The summed E-state index contributed by atoms with van der Waals surface area (Å²) in [5.74, 6) is -1.48. The molecule has 16 heteroatoms. The zero-order chi connectivity index (χ0) is 27.4. The lowest BCUT2D eigenvalue weighted by atomic mass is 10.2. The average molecular weight is 583 g/mol. The third-order valence-corrected chi connectivity index (χ3v) is 6.65. The number of hydrogen-bond donors (Lipinski definition) is 3. The Hall–Kier alpha value is -3.88. The molecule has 0 spiro atoms. The number of amides is 2. The standard InChI is InChI=1S/C22H15Cl2F3N8O2S/c1-10(33-20(37)17-16(24)18(32-9-31-17)34-11-2-4-28-5-3-11)21-30-8-14(38-21)19(36)35-15-6-12(22(25,26)27)13(23)7-29-15/h2-10H,1H3,(H,33,37)(H,29,35,36)(H,28,31,32,34)/t10-/m0/s1. The monoisotopic (exact) mass is 582 g/mol. The van der Waals surface area contributed by atoms with E-state index in [1.165, 1.54) is 12.5 Å². The molecule has 0 saturated heterocycles. The number of thiazole rings is 1. The van der Waals surface area contributed by atoms with Crippen LogP contribution < -0.4 is 16.0 Å². The van der Waals surface area contributed by atoms with Gasteiger partial charge in [0, 0.05) is 24.3 Å². The molecule has 0 bridgehead atoms. The van der Waals surface area contributed by atoms with Crippen LogP contribution in [0.25, 0.3) is 0 Å². The molecule has 38 heavy (non-hydrogen) atoms. The van der Waals surface area contributed by atoms with Gasteiger partial charge in [0.2, 0.25) is 0 Å². The van der Waals surface area contributed by atoms with Gasteiger partial charge in [-0.3, -0.25) is 14.6 Å². The van der Waals surface area contributed by atoms with Crippen LogP contribution in [0.3, 0.4) is 0 Å². The molecule has 10 nitrogen and oxygen atoms in total. The second-order valence-corrected chi connectivity index (χ2v) is 9.35. The summed E-state index contributed by atoms with van der Waals surface area (Å²) < 4.78 is 39.2. The van der Waals surface area contributed by atoms with Crippen molar-refractivity contribution in [2.24, 2.45) is 0 Å². The van der Waals surface area contributed by atoms with Gasteiger partial charge in [-0.2, -0.15) is 13.2 Å². The molecule has 0 aliphatic heterocycles. The van der Waals surface area contributed by atoms with E-state index in [0.29, 0.717) is 16.8 Å². The minimum atomic E-state index is -4.72. The van der Waals surface area contributed by atoms with E-state index in [0.717, 1.165) is 17.5 Å². The highest BCUT2D eigenvalue weighted by molar-refractivity contribution is 7.13. The van der Waals surface area contributed by atoms with Crippen LogP contribution in [0, 0.1) is 0 Å². The van der Waals surface area contributed by atoms with E-state index in [2.05, 4.69) is 40.9 Å². The Morgan fingerprint density at radius 2 is 1.76 bits per heavy atom. The fourth-order valence-corrected chi connectivity index (χ4v) is 4.27. The fraction of sp³-hybridized carbons (Fsp3) is 0.136. The van der Waals surface area contributed by atoms with Crippen LogP contribution in [-0.2, 0) is 6.18 Å². The molecule has 2 amide bonds. The first kappa shape index (κ1) is 27.2. The summed E-state index contributed by atoms with van der Waals surface area (Å²) in [5, 5.41) is 7.68. The number of pyridine rings is 2. The van der Waals surface area contributed by atoms with Crippen molar-refractivity contribution in [3.63, 3.8) is 0 Å². The van der Waals surface area contributed by atoms with Gasteiger partial charge in [-0.25, -0.2) is 19.9 Å². The van der Waals surface area contributed by atoms with E-state index in [1.807, 2.05) is 0 Å². The summed E-state index contributed by atoms with van der Waals surface area (Å²) in [5.41, 5.74) is -0.570. The number of hydrogen-bond acceptors (Lipinski definition) is 9. The molecule has 0 radical (unpaired) electrons. The third kappa shape index (κ3) is 6.33. The molecule has 3 N–H and O–H groups in total. The third-order valence-electron chi connectivity index (χ3n) is 4.82. The number of carbonyl (C=O) groups excluding carboxylic acids is 2. The van der Waals surface area contributed by atoms with Crippen molar-refractivity contribution < 1.29 is 22.8 Å². The lowest BCUT2D eigenvalue weighted by molar-refractivity contribution is -0.137. The lowest BCUT2D eigenvalue weighted by Crippen LogP contribution is -2.28. The van der Waals surface area contributed by atoms with Crippen LogP contribution in [0.2, 0.25) is 10.0 Å². The first-order valence-electron chi connectivity index (χ1n) is 10.5. The summed E-state index contributed by atoms with van der Waals surface area (Å²) in [4.78, 5) is 45.2. The van der Waals surface area contributed by atoms with E-state index >= 15 is 0 Å². The van der Waals surface area contributed by atoms with Crippen molar-refractivity contribution in [2.75, 3.05) is 10.6 Å². The molecule has 196 valence electrons. The van der Waals surface area contributed by atoms with Crippen molar-refractivity contribution in [3.05, 3.63) is 80.5 Å². The fourth-order valence-electron chi connectivity index (χ4n) is 3.01. The van der Waals surface area contributed by atoms with Gasteiger partial charge in [0.05, 0.1) is 22.8 Å². The Kier molecular flexibility index (Phi) is 8.04. The topological polar surface area (TPSA) is 135 Å². The van der Waals surface area contributed by atoms with Crippen LogP contribution in [0.15, 0.2) is 49.3 Å². The molecule has 4 rings (SSSR count). The van der Waals surface area contributed by atoms with Gasteiger partial charge in [0.1, 0.15) is 27.1 Å². The van der Waals surface area contributed by atoms with Crippen molar-refractivity contribution in [1.82, 2.24) is 30.2 Å². The molecule has 4 aromatic heterocycles. The van der Waals surface area contributed by atoms with E-state index in [4.69, 9.17) is 23.2 Å². The molecular formula is C22H15Cl2F3N8O2S. The Morgan fingerprint density at radius 1 is 1.03 bits per heavy atom. The smallest absolute Gasteiger partial charge is 0.342 e. The normalized spacial score (nSPS) is 12.1. The Morgan fingerprint density at radius 3 is 2.47 bits per heavy atom. The maximum Gasteiger partial charge on any atom is 0.418 e. The molecule has 4 aromatic rings. The number of nitrogens with zero attached hydrogens (tertiary/aromatic N) is 5. The summed E-state index contributed by atoms with van der Waals surface area (Å²) in [6.07, 6.45) is 1.63. The SMILES string of the molecule is C[C@H](NC(=O)c1ncnc(Nc2ccncc2)c1Cl)c1ncc(C(=O)Nc2cc(C(F)(F)F)c(Cl)cn2)s1. The highest BCUT2D eigenvalue weighted by atomic mass is 35.5. The van der Waals surface area contributed by atoms with E-state index in [-0.39, 0.29) is 27.2 Å². The Balaban J connectivity index is 1.43. The van der Waals surface area contributed by atoms with Gasteiger partial charge in [0.15, 0.2) is 11.5 Å². The van der Waals surface area contributed by atoms with Crippen LogP contribution in [-0.4, -0.2) is 36.7 Å². The number of aromatic nitrogens is 5. The largest absolute Gasteiger partial charge is 0.418 e. The summed E-state index contributed by atoms with van der Waals surface area (Å²) in [6, 6.07) is 3.35. The van der Waals surface area contributed by atoms with E-state index in [9.17, 15) is 22.8 Å². The van der Waals surface area contributed by atoms with Crippen LogP contribution in [0.1, 0.15) is 43.7 Å². The van der Waals surface area contributed by atoms with Gasteiger partial charge in [0.25, 0.3) is 11.8 Å². The highest BCUT2D eigenvalue weighted by Crippen LogP contribution is 2.35. The van der Waals surface area contributed by atoms with Gasteiger partial charge in [-0.1, -0.05) is 23.2 Å². The van der Waals surface area contributed by atoms with Gasteiger partial charge in [-0.15, -0.1) is 11.3 Å². The quantitative estimate of drug-likeness (QED) is 0.258. The van der Waals surface area contributed by atoms with Crippen molar-refractivity contribution in [1.29, 1.82) is 0 Å². The second kappa shape index (κ2) is 11.2. The average Bonchev–Trinajstić information content (AvgIpc) is 3.37. The predicted molar refractivity (Wildman–Crippen MR) is 135 cm³/mol. The van der Waals surface area contributed by atoms with Crippen LogP contribution >= 0.6 is 34.5 Å². The summed E-state index contributed by atoms with van der Waals surface area (Å²) in [7, 11) is 0. The zero-order valence-corrected chi connectivity index (χ0v) is 21.4. The zero-order valence-electron chi connectivity index (χ0n) is 19.0. The minimum Gasteiger partial charge on any atom is -0.342 e. The van der Waals surface area contributed by atoms with Crippen molar-refractivity contribution in [3.8, 4) is 0 Å². The number of anilines is 3. The highest BCUT2D eigenvalue weighted by Gasteiger charge is 2.34. The molecule has 0 aliphatic carbocycles. The molecule has 0 aliphatic rings. The lowest BCUT2D eigenvalue weighted by Gasteiger charge is -2.13. The summed E-state index contributed by atoms with van der Waals surface area (Å²) >= 11 is 12.8. The molecule has 0 unspecified atom stereocenters. The maximum atomic E-state index is 13.1. The Bertz CT molecular complexity index is 1490. The first-order valence-corrected chi connectivity index (χ1v) is 12.1. The molecule has 0 aromatic carbocycles. The van der Waals surface area contributed by atoms with Crippen molar-refractivity contribution >= 4 is 63.7 Å².